The largest absolute Gasteiger partial charge is 0.481 e. The number of hydrogen-bond acceptors (Lipinski definition) is 3. The van der Waals surface area contributed by atoms with Crippen molar-refractivity contribution in [3.05, 3.63) is 0 Å². The first-order chi connectivity index (χ1) is 8.08. The van der Waals surface area contributed by atoms with Gasteiger partial charge < -0.3 is 16.2 Å². The zero-order valence-electron chi connectivity index (χ0n) is 10.2. The molecule has 0 bridgehead atoms. The van der Waals surface area contributed by atoms with Gasteiger partial charge in [0, 0.05) is 24.9 Å². The lowest BCUT2D eigenvalue weighted by Gasteiger charge is -2.26. The van der Waals surface area contributed by atoms with Gasteiger partial charge in [-0.05, 0) is 38.5 Å². The van der Waals surface area contributed by atoms with Crippen LogP contribution in [0.25, 0.3) is 0 Å². The maximum absolute atomic E-state index is 11.5. The maximum Gasteiger partial charge on any atom is 0.303 e. The summed E-state index contributed by atoms with van der Waals surface area (Å²) in [6.07, 6.45) is 5.65. The van der Waals surface area contributed by atoms with E-state index in [2.05, 4.69) is 5.32 Å². The van der Waals surface area contributed by atoms with E-state index < -0.39 is 5.97 Å². The highest BCUT2D eigenvalue weighted by Crippen LogP contribution is 2.17. The van der Waals surface area contributed by atoms with Crippen LogP contribution in [0.1, 0.15) is 51.4 Å². The molecule has 1 rings (SSSR count). The lowest BCUT2D eigenvalue weighted by molar-refractivity contribution is -0.137. The van der Waals surface area contributed by atoms with E-state index in [9.17, 15) is 9.59 Å². The van der Waals surface area contributed by atoms with E-state index in [1.165, 1.54) is 0 Å². The monoisotopic (exact) mass is 242 g/mol. The summed E-state index contributed by atoms with van der Waals surface area (Å²) < 4.78 is 0. The zero-order valence-corrected chi connectivity index (χ0v) is 10.2. The van der Waals surface area contributed by atoms with Crippen molar-refractivity contribution in [1.82, 2.24) is 5.32 Å². The van der Waals surface area contributed by atoms with Crippen LogP contribution in [0.15, 0.2) is 0 Å². The summed E-state index contributed by atoms with van der Waals surface area (Å²) in [4.78, 5) is 21.8. The fourth-order valence-corrected chi connectivity index (χ4v) is 2.13. The summed E-state index contributed by atoms with van der Waals surface area (Å²) in [5.74, 6) is -0.762. The first-order valence-electron chi connectivity index (χ1n) is 6.34. The molecule has 5 nitrogen and oxygen atoms in total. The molecule has 0 aromatic heterocycles. The molecule has 0 unspecified atom stereocenters. The molecule has 0 heterocycles. The molecule has 0 atom stereocenters. The van der Waals surface area contributed by atoms with E-state index in [-0.39, 0.29) is 18.4 Å². The van der Waals surface area contributed by atoms with Gasteiger partial charge in [-0.1, -0.05) is 0 Å². The Labute approximate surface area is 102 Å². The van der Waals surface area contributed by atoms with Crippen molar-refractivity contribution in [2.45, 2.75) is 63.5 Å². The van der Waals surface area contributed by atoms with Crippen molar-refractivity contribution in [3.63, 3.8) is 0 Å². The van der Waals surface area contributed by atoms with E-state index >= 15 is 0 Å². The van der Waals surface area contributed by atoms with Gasteiger partial charge in [-0.2, -0.15) is 0 Å². The van der Waals surface area contributed by atoms with Gasteiger partial charge in [-0.3, -0.25) is 9.59 Å². The smallest absolute Gasteiger partial charge is 0.303 e. The number of unbranched alkanes of at least 4 members (excludes halogenated alkanes) is 1. The van der Waals surface area contributed by atoms with Crippen molar-refractivity contribution in [3.8, 4) is 0 Å². The predicted octanol–water partition coefficient (Wildman–Crippen LogP) is 1.02. The van der Waals surface area contributed by atoms with E-state index in [1.54, 1.807) is 0 Å². The number of aliphatic carboxylic acids is 1. The molecule has 0 aliphatic heterocycles. The van der Waals surface area contributed by atoms with Crippen molar-refractivity contribution in [2.75, 3.05) is 0 Å². The highest BCUT2D eigenvalue weighted by molar-refractivity contribution is 5.76. The van der Waals surface area contributed by atoms with Gasteiger partial charge in [0.25, 0.3) is 0 Å². The Morgan fingerprint density at radius 2 is 1.71 bits per heavy atom. The Morgan fingerprint density at radius 1 is 1.12 bits per heavy atom. The molecule has 98 valence electrons. The van der Waals surface area contributed by atoms with E-state index in [0.29, 0.717) is 25.3 Å². The van der Waals surface area contributed by atoms with Crippen LogP contribution < -0.4 is 11.1 Å². The molecular weight excluding hydrogens is 220 g/mol. The first-order valence-corrected chi connectivity index (χ1v) is 6.34. The number of carbonyl (C=O) groups is 2. The number of rotatable bonds is 6. The highest BCUT2D eigenvalue weighted by Gasteiger charge is 2.19. The molecule has 0 radical (unpaired) electrons. The van der Waals surface area contributed by atoms with Crippen LogP contribution in [0.4, 0.5) is 0 Å². The van der Waals surface area contributed by atoms with Gasteiger partial charge in [0.15, 0.2) is 0 Å². The Morgan fingerprint density at radius 3 is 2.29 bits per heavy atom. The van der Waals surface area contributed by atoms with E-state index in [1.807, 2.05) is 0 Å². The van der Waals surface area contributed by atoms with Crippen molar-refractivity contribution >= 4 is 11.9 Å². The Bertz CT molecular complexity index is 260. The molecule has 0 spiro atoms. The van der Waals surface area contributed by atoms with Crippen LogP contribution in [0, 0.1) is 0 Å². The molecule has 1 amide bonds. The molecule has 1 saturated carbocycles. The van der Waals surface area contributed by atoms with E-state index in [4.69, 9.17) is 10.8 Å². The van der Waals surface area contributed by atoms with Gasteiger partial charge in [-0.15, -0.1) is 0 Å². The number of nitrogens with one attached hydrogen (secondary N) is 1. The topological polar surface area (TPSA) is 92.4 Å². The molecule has 0 aromatic carbocycles. The molecule has 1 fully saturated rings. The van der Waals surface area contributed by atoms with Crippen LogP contribution >= 0.6 is 0 Å². The third kappa shape index (κ3) is 6.26. The number of amides is 1. The summed E-state index contributed by atoms with van der Waals surface area (Å²) in [6.45, 7) is 0. The normalized spacial score (nSPS) is 24.3. The van der Waals surface area contributed by atoms with Gasteiger partial charge in [0.2, 0.25) is 5.91 Å². The summed E-state index contributed by atoms with van der Waals surface area (Å²) in [6, 6.07) is 0.556. The third-order valence-corrected chi connectivity index (χ3v) is 3.18. The zero-order chi connectivity index (χ0) is 12.7. The molecule has 0 saturated heterocycles. The number of hydrogen-bond donors (Lipinski definition) is 3. The minimum Gasteiger partial charge on any atom is -0.481 e. The fourth-order valence-electron chi connectivity index (χ4n) is 2.13. The van der Waals surface area contributed by atoms with Crippen molar-refractivity contribution < 1.29 is 14.7 Å². The van der Waals surface area contributed by atoms with Crippen LogP contribution in [-0.4, -0.2) is 29.1 Å². The second-order valence-electron chi connectivity index (χ2n) is 4.78. The first kappa shape index (κ1) is 14.0. The van der Waals surface area contributed by atoms with E-state index in [0.717, 1.165) is 25.7 Å². The van der Waals surface area contributed by atoms with Gasteiger partial charge >= 0.3 is 5.97 Å². The molecule has 1 aliphatic carbocycles. The van der Waals surface area contributed by atoms with Gasteiger partial charge in [-0.25, -0.2) is 0 Å². The quantitative estimate of drug-likeness (QED) is 0.606. The number of nitrogens with two attached hydrogens (primary N) is 1. The summed E-state index contributed by atoms with van der Waals surface area (Å²) in [5, 5.41) is 11.4. The Balaban J connectivity index is 2.06. The third-order valence-electron chi connectivity index (χ3n) is 3.18. The van der Waals surface area contributed by atoms with Gasteiger partial charge in [0.05, 0.1) is 0 Å². The molecule has 0 aromatic rings. The SMILES string of the molecule is NC1CCC(NC(=O)CCCCC(=O)O)CC1. The lowest BCUT2D eigenvalue weighted by Crippen LogP contribution is -2.40. The highest BCUT2D eigenvalue weighted by atomic mass is 16.4. The number of carbonyl (C=O) groups excluding carboxylic acids is 1. The molecule has 5 heteroatoms. The average Bonchev–Trinajstić information content (AvgIpc) is 2.27. The standard InChI is InChI=1S/C12H22N2O3/c13-9-5-7-10(8-6-9)14-11(15)3-1-2-4-12(16)17/h9-10H,1-8,13H2,(H,14,15)(H,16,17). The van der Waals surface area contributed by atoms with Crippen LogP contribution in [-0.2, 0) is 9.59 Å². The molecule has 4 N–H and O–H groups in total. The molecule has 1 aliphatic rings. The van der Waals surface area contributed by atoms with Crippen molar-refractivity contribution in [1.29, 1.82) is 0 Å². The fraction of sp³-hybridized carbons (Fsp3) is 0.833. The molecular formula is C12H22N2O3. The minimum absolute atomic E-state index is 0.0378. The second kappa shape index (κ2) is 7.27. The van der Waals surface area contributed by atoms with Crippen LogP contribution in [0.2, 0.25) is 0 Å². The Kier molecular flexibility index (Phi) is 5.97. The van der Waals surface area contributed by atoms with Crippen LogP contribution in [0.3, 0.4) is 0 Å². The predicted molar refractivity (Wildman–Crippen MR) is 64.5 cm³/mol. The molecule has 17 heavy (non-hydrogen) atoms. The van der Waals surface area contributed by atoms with Gasteiger partial charge in [0.1, 0.15) is 0 Å². The second-order valence-corrected chi connectivity index (χ2v) is 4.78. The summed E-state index contributed by atoms with van der Waals surface area (Å²) >= 11 is 0. The number of carboxylic acid groups (broad SMARTS) is 1. The average molecular weight is 242 g/mol. The summed E-state index contributed by atoms with van der Waals surface area (Å²) in [5.41, 5.74) is 5.79. The lowest BCUT2D eigenvalue weighted by atomic mass is 9.92. The minimum atomic E-state index is -0.799. The van der Waals surface area contributed by atoms with Crippen LogP contribution in [0.5, 0.6) is 0 Å². The Hall–Kier alpha value is -1.10. The summed E-state index contributed by atoms with van der Waals surface area (Å²) in [7, 11) is 0. The van der Waals surface area contributed by atoms with Crippen molar-refractivity contribution in [2.24, 2.45) is 5.73 Å². The maximum atomic E-state index is 11.5. The number of carboxylic acids is 1.